The van der Waals surface area contributed by atoms with Gasteiger partial charge in [-0.3, -0.25) is 25.8 Å². The third kappa shape index (κ3) is 5.09. The maximum atomic E-state index is 12.4. The second-order valence-corrected chi connectivity index (χ2v) is 7.38. The summed E-state index contributed by atoms with van der Waals surface area (Å²) >= 11 is 8.33. The van der Waals surface area contributed by atoms with E-state index >= 15 is 0 Å². The minimum absolute atomic E-state index is 0.204. The molecule has 3 N–H and O–H groups in total. The predicted molar refractivity (Wildman–Crippen MR) is 118 cm³/mol. The summed E-state index contributed by atoms with van der Waals surface area (Å²) in [6.07, 6.45) is -0.872. The van der Waals surface area contributed by atoms with Crippen LogP contribution in [0.1, 0.15) is 22.0 Å². The Hall–Kier alpha value is -3.08. The third-order valence-corrected chi connectivity index (χ3v) is 4.74. The highest BCUT2D eigenvalue weighted by Gasteiger charge is 2.20. The lowest BCUT2D eigenvalue weighted by atomic mass is 10.1. The van der Waals surface area contributed by atoms with E-state index < -0.39 is 23.5 Å². The Morgan fingerprint density at radius 2 is 1.83 bits per heavy atom. The van der Waals surface area contributed by atoms with E-state index in [-0.39, 0.29) is 10.7 Å². The highest BCUT2D eigenvalue weighted by atomic mass is 79.9. The van der Waals surface area contributed by atoms with Gasteiger partial charge in [0.05, 0.1) is 0 Å². The standard InChI is InChI=1S/C20H16BrN3O5S/c1-28-16(11-5-3-2-4-6-11)18(26)23-24-20(30)22-17(25)14-10-12-9-13(21)7-8-15(12)29-19(14)27/h2-10,16H,1H3,(H,23,26)(H2,22,24,25,30). The Balaban J connectivity index is 1.64. The lowest BCUT2D eigenvalue weighted by Crippen LogP contribution is -2.50. The van der Waals surface area contributed by atoms with Gasteiger partial charge in [0.2, 0.25) is 0 Å². The highest BCUT2D eigenvalue weighted by Crippen LogP contribution is 2.19. The molecule has 1 atom stereocenters. The number of hydrogen-bond acceptors (Lipinski definition) is 6. The zero-order chi connectivity index (χ0) is 21.7. The smallest absolute Gasteiger partial charge is 0.349 e. The van der Waals surface area contributed by atoms with E-state index in [0.29, 0.717) is 16.5 Å². The maximum absolute atomic E-state index is 12.4. The van der Waals surface area contributed by atoms with Crippen LogP contribution in [-0.2, 0) is 9.53 Å². The second kappa shape index (κ2) is 9.61. The number of halogens is 1. The van der Waals surface area contributed by atoms with Crippen molar-refractivity contribution in [1.29, 1.82) is 0 Å². The van der Waals surface area contributed by atoms with Gasteiger partial charge in [0, 0.05) is 17.0 Å². The summed E-state index contributed by atoms with van der Waals surface area (Å²) < 4.78 is 11.1. The van der Waals surface area contributed by atoms with E-state index in [4.69, 9.17) is 21.4 Å². The van der Waals surface area contributed by atoms with Gasteiger partial charge in [-0.1, -0.05) is 46.3 Å². The minimum atomic E-state index is -0.872. The van der Waals surface area contributed by atoms with Gasteiger partial charge in [-0.15, -0.1) is 0 Å². The first-order valence-electron chi connectivity index (χ1n) is 8.61. The zero-order valence-electron chi connectivity index (χ0n) is 15.6. The van der Waals surface area contributed by atoms with Gasteiger partial charge in [-0.2, -0.15) is 0 Å². The number of methoxy groups -OCH3 is 1. The number of hydrazine groups is 1. The lowest BCUT2D eigenvalue weighted by Gasteiger charge is -2.17. The molecule has 0 aliphatic carbocycles. The van der Waals surface area contributed by atoms with E-state index in [1.165, 1.54) is 13.2 Å². The van der Waals surface area contributed by atoms with E-state index in [9.17, 15) is 14.4 Å². The predicted octanol–water partition coefficient (Wildman–Crippen LogP) is 2.58. The number of fused-ring (bicyclic) bond motifs is 1. The molecule has 2 amide bonds. The van der Waals surface area contributed by atoms with Gasteiger partial charge in [-0.05, 0) is 42.0 Å². The minimum Gasteiger partial charge on any atom is -0.422 e. The van der Waals surface area contributed by atoms with Gasteiger partial charge in [0.25, 0.3) is 11.8 Å². The van der Waals surface area contributed by atoms with Crippen molar-refractivity contribution in [3.8, 4) is 0 Å². The SMILES string of the molecule is COC(C(=O)NNC(=S)NC(=O)c1cc2cc(Br)ccc2oc1=O)c1ccccc1. The number of carbonyl (C=O) groups excluding carboxylic acids is 2. The summed E-state index contributed by atoms with van der Waals surface area (Å²) in [6.45, 7) is 0. The van der Waals surface area contributed by atoms with Crippen molar-refractivity contribution in [2.45, 2.75) is 6.10 Å². The second-order valence-electron chi connectivity index (χ2n) is 6.05. The van der Waals surface area contributed by atoms with Crippen LogP contribution in [0.5, 0.6) is 0 Å². The average molecular weight is 490 g/mol. The normalized spacial score (nSPS) is 11.5. The number of carbonyl (C=O) groups is 2. The van der Waals surface area contributed by atoms with E-state index in [1.54, 1.807) is 42.5 Å². The maximum Gasteiger partial charge on any atom is 0.349 e. The van der Waals surface area contributed by atoms with Crippen molar-refractivity contribution in [3.05, 3.63) is 80.6 Å². The Labute approximate surface area is 184 Å². The van der Waals surface area contributed by atoms with E-state index in [1.807, 2.05) is 6.07 Å². The molecule has 0 spiro atoms. The van der Waals surface area contributed by atoms with Gasteiger partial charge in [0.1, 0.15) is 11.1 Å². The molecule has 8 nitrogen and oxygen atoms in total. The van der Waals surface area contributed by atoms with Gasteiger partial charge < -0.3 is 9.15 Å². The Morgan fingerprint density at radius 3 is 2.53 bits per heavy atom. The summed E-state index contributed by atoms with van der Waals surface area (Å²) in [5.41, 5.74) is 4.74. The van der Waals surface area contributed by atoms with Crippen LogP contribution in [0.4, 0.5) is 0 Å². The fourth-order valence-electron chi connectivity index (χ4n) is 2.66. The van der Waals surface area contributed by atoms with Crippen LogP contribution in [0, 0.1) is 0 Å². The first-order valence-corrected chi connectivity index (χ1v) is 9.81. The van der Waals surface area contributed by atoms with Gasteiger partial charge in [-0.25, -0.2) is 4.79 Å². The van der Waals surface area contributed by atoms with Crippen molar-refractivity contribution < 1.29 is 18.7 Å². The van der Waals surface area contributed by atoms with Crippen LogP contribution in [-0.4, -0.2) is 24.0 Å². The number of amides is 2. The molecule has 0 radical (unpaired) electrons. The molecule has 154 valence electrons. The van der Waals surface area contributed by atoms with Crippen LogP contribution in [0.15, 0.2) is 68.3 Å². The molecular formula is C20H16BrN3O5S. The Kier molecular flexibility index (Phi) is 6.93. The fourth-order valence-corrected chi connectivity index (χ4v) is 3.18. The monoisotopic (exact) mass is 489 g/mol. The zero-order valence-corrected chi connectivity index (χ0v) is 18.0. The quantitative estimate of drug-likeness (QED) is 0.293. The number of rotatable bonds is 4. The molecule has 0 aliphatic rings. The summed E-state index contributed by atoms with van der Waals surface area (Å²) in [5, 5.41) is 2.68. The summed E-state index contributed by atoms with van der Waals surface area (Å²) in [4.78, 5) is 36.8. The molecule has 1 aromatic heterocycles. The van der Waals surface area contributed by atoms with E-state index in [0.717, 1.165) is 4.47 Å². The molecule has 1 heterocycles. The van der Waals surface area contributed by atoms with Crippen LogP contribution < -0.4 is 21.8 Å². The number of benzene rings is 2. The van der Waals surface area contributed by atoms with Crippen molar-refractivity contribution >= 4 is 56.0 Å². The van der Waals surface area contributed by atoms with Crippen molar-refractivity contribution in [1.82, 2.24) is 16.2 Å². The van der Waals surface area contributed by atoms with Crippen LogP contribution in [0.2, 0.25) is 0 Å². The van der Waals surface area contributed by atoms with Gasteiger partial charge in [0.15, 0.2) is 11.2 Å². The molecule has 2 aromatic carbocycles. The highest BCUT2D eigenvalue weighted by molar-refractivity contribution is 9.10. The molecular weight excluding hydrogens is 474 g/mol. The van der Waals surface area contributed by atoms with Crippen LogP contribution in [0.3, 0.4) is 0 Å². The molecule has 3 aromatic rings. The fraction of sp³-hybridized carbons (Fsp3) is 0.100. The Morgan fingerprint density at radius 1 is 1.10 bits per heavy atom. The lowest BCUT2D eigenvalue weighted by molar-refractivity contribution is -0.132. The number of ether oxygens (including phenoxy) is 1. The molecule has 1 unspecified atom stereocenters. The molecule has 0 saturated heterocycles. The molecule has 10 heteroatoms. The van der Waals surface area contributed by atoms with Crippen LogP contribution >= 0.6 is 28.1 Å². The summed E-state index contributed by atoms with van der Waals surface area (Å²) in [5.74, 6) is -1.29. The first kappa shape index (κ1) is 21.6. The molecule has 0 bridgehead atoms. The van der Waals surface area contributed by atoms with Crippen molar-refractivity contribution in [2.24, 2.45) is 0 Å². The van der Waals surface area contributed by atoms with Gasteiger partial charge >= 0.3 is 5.63 Å². The number of hydrogen-bond donors (Lipinski definition) is 3. The largest absolute Gasteiger partial charge is 0.422 e. The summed E-state index contributed by atoms with van der Waals surface area (Å²) in [6, 6.07) is 15.3. The van der Waals surface area contributed by atoms with Crippen molar-refractivity contribution in [2.75, 3.05) is 7.11 Å². The number of thiocarbonyl (C=S) groups is 1. The Bertz CT molecular complexity index is 1170. The third-order valence-electron chi connectivity index (χ3n) is 4.04. The molecule has 30 heavy (non-hydrogen) atoms. The summed E-state index contributed by atoms with van der Waals surface area (Å²) in [7, 11) is 1.40. The van der Waals surface area contributed by atoms with E-state index in [2.05, 4.69) is 32.1 Å². The number of nitrogens with one attached hydrogen (secondary N) is 3. The molecule has 3 rings (SSSR count). The molecule has 0 fully saturated rings. The topological polar surface area (TPSA) is 110 Å². The average Bonchev–Trinajstić information content (AvgIpc) is 2.73. The van der Waals surface area contributed by atoms with Crippen molar-refractivity contribution in [3.63, 3.8) is 0 Å². The first-order chi connectivity index (χ1) is 14.4. The van der Waals surface area contributed by atoms with Crippen LogP contribution in [0.25, 0.3) is 11.0 Å². The molecule has 0 aliphatic heterocycles. The molecule has 0 saturated carbocycles.